The molecule has 0 spiro atoms. The van der Waals surface area contributed by atoms with Gasteiger partial charge in [0.05, 0.1) is 6.61 Å². The zero-order chi connectivity index (χ0) is 14.1. The average molecular weight is 279 g/mol. The number of fused-ring (bicyclic) bond motifs is 1. The lowest BCUT2D eigenvalue weighted by Gasteiger charge is -2.20. The van der Waals surface area contributed by atoms with E-state index in [4.69, 9.17) is 4.74 Å². The van der Waals surface area contributed by atoms with Gasteiger partial charge in [0.25, 0.3) is 0 Å². The molecule has 0 unspecified atom stereocenters. The van der Waals surface area contributed by atoms with Crippen molar-refractivity contribution in [2.24, 2.45) is 0 Å². The fraction of sp³-hybridized carbons (Fsp3) is 0.368. The lowest BCUT2D eigenvalue weighted by molar-refractivity contribution is 0.289. The molecule has 0 radical (unpaired) electrons. The Balaban J connectivity index is 1.64. The standard InChI is InChI=1S/C19H21NO/c1-4-14(13-20-17-9-10-17)12-16(6-1)18-8-2-5-15-7-3-11-21-19(15)18/h1-2,4-6,8,12,17,20H,3,7,9-11,13H2. The number of rotatable bonds is 4. The number of nitrogens with one attached hydrogen (secondary N) is 1. The predicted octanol–water partition coefficient (Wildman–Crippen LogP) is 3.93. The molecule has 1 saturated carbocycles. The summed E-state index contributed by atoms with van der Waals surface area (Å²) < 4.78 is 5.94. The van der Waals surface area contributed by atoms with E-state index in [2.05, 4.69) is 47.8 Å². The molecular formula is C19H21NO. The topological polar surface area (TPSA) is 21.3 Å². The van der Waals surface area contributed by atoms with Crippen LogP contribution in [0.2, 0.25) is 0 Å². The first kappa shape index (κ1) is 12.9. The second-order valence-electron chi connectivity index (χ2n) is 6.10. The summed E-state index contributed by atoms with van der Waals surface area (Å²) in [5.41, 5.74) is 5.21. The summed E-state index contributed by atoms with van der Waals surface area (Å²) in [7, 11) is 0. The predicted molar refractivity (Wildman–Crippen MR) is 85.6 cm³/mol. The molecule has 1 aliphatic heterocycles. The van der Waals surface area contributed by atoms with E-state index in [1.54, 1.807) is 0 Å². The first-order valence-electron chi connectivity index (χ1n) is 7.97. The Bertz CT molecular complexity index is 646. The average Bonchev–Trinajstić information content (AvgIpc) is 3.37. The van der Waals surface area contributed by atoms with Gasteiger partial charge in [0.15, 0.2) is 0 Å². The second kappa shape index (κ2) is 5.53. The van der Waals surface area contributed by atoms with Gasteiger partial charge in [0, 0.05) is 18.2 Å². The molecule has 1 fully saturated rings. The number of hydrogen-bond donors (Lipinski definition) is 1. The van der Waals surface area contributed by atoms with Gasteiger partial charge in [0.2, 0.25) is 0 Å². The van der Waals surface area contributed by atoms with Crippen molar-refractivity contribution in [3.63, 3.8) is 0 Å². The molecule has 1 N–H and O–H groups in total. The number of benzene rings is 2. The molecule has 0 aromatic heterocycles. The summed E-state index contributed by atoms with van der Waals surface area (Å²) in [6, 6.07) is 16.1. The molecule has 2 aromatic carbocycles. The molecule has 0 amide bonds. The van der Waals surface area contributed by atoms with Crippen LogP contribution in [-0.4, -0.2) is 12.6 Å². The number of para-hydroxylation sites is 1. The van der Waals surface area contributed by atoms with Crippen LogP contribution in [0.5, 0.6) is 5.75 Å². The molecule has 21 heavy (non-hydrogen) atoms. The maximum Gasteiger partial charge on any atom is 0.130 e. The van der Waals surface area contributed by atoms with E-state index in [-0.39, 0.29) is 0 Å². The molecule has 2 aromatic rings. The van der Waals surface area contributed by atoms with Gasteiger partial charge < -0.3 is 10.1 Å². The second-order valence-corrected chi connectivity index (χ2v) is 6.10. The summed E-state index contributed by atoms with van der Waals surface area (Å²) in [4.78, 5) is 0. The minimum absolute atomic E-state index is 0.751. The number of ether oxygens (including phenoxy) is 1. The van der Waals surface area contributed by atoms with Crippen LogP contribution >= 0.6 is 0 Å². The highest BCUT2D eigenvalue weighted by atomic mass is 16.5. The third-order valence-electron chi connectivity index (χ3n) is 4.34. The van der Waals surface area contributed by atoms with E-state index in [0.717, 1.165) is 37.8 Å². The lowest BCUT2D eigenvalue weighted by Crippen LogP contribution is -2.15. The van der Waals surface area contributed by atoms with Gasteiger partial charge in [0.1, 0.15) is 5.75 Å². The Kier molecular flexibility index (Phi) is 3.40. The molecule has 0 bridgehead atoms. The minimum Gasteiger partial charge on any atom is -0.493 e. The Morgan fingerprint density at radius 3 is 2.90 bits per heavy atom. The first-order chi connectivity index (χ1) is 10.4. The summed E-state index contributed by atoms with van der Waals surface area (Å²) in [6.07, 6.45) is 4.92. The van der Waals surface area contributed by atoms with Gasteiger partial charge in [-0.3, -0.25) is 0 Å². The van der Waals surface area contributed by atoms with Crippen molar-refractivity contribution in [2.75, 3.05) is 6.61 Å². The van der Waals surface area contributed by atoms with E-state index in [1.807, 2.05) is 0 Å². The van der Waals surface area contributed by atoms with Crippen molar-refractivity contribution in [1.29, 1.82) is 0 Å². The van der Waals surface area contributed by atoms with Gasteiger partial charge in [-0.15, -0.1) is 0 Å². The first-order valence-corrected chi connectivity index (χ1v) is 7.97. The van der Waals surface area contributed by atoms with Crippen molar-refractivity contribution in [3.8, 4) is 16.9 Å². The molecule has 2 nitrogen and oxygen atoms in total. The van der Waals surface area contributed by atoms with Crippen LogP contribution in [0.25, 0.3) is 11.1 Å². The number of hydrogen-bond acceptors (Lipinski definition) is 2. The highest BCUT2D eigenvalue weighted by molar-refractivity contribution is 5.73. The Morgan fingerprint density at radius 1 is 1.10 bits per heavy atom. The lowest BCUT2D eigenvalue weighted by atomic mass is 9.96. The van der Waals surface area contributed by atoms with E-state index < -0.39 is 0 Å². The van der Waals surface area contributed by atoms with Crippen LogP contribution in [0, 0.1) is 0 Å². The zero-order valence-corrected chi connectivity index (χ0v) is 12.3. The normalized spacial score (nSPS) is 17.1. The fourth-order valence-corrected chi connectivity index (χ4v) is 3.01. The monoisotopic (exact) mass is 279 g/mol. The third kappa shape index (κ3) is 2.81. The van der Waals surface area contributed by atoms with Gasteiger partial charge >= 0.3 is 0 Å². The Labute approximate surface area is 126 Å². The van der Waals surface area contributed by atoms with Crippen molar-refractivity contribution >= 4 is 0 Å². The smallest absolute Gasteiger partial charge is 0.130 e. The molecule has 4 rings (SSSR count). The van der Waals surface area contributed by atoms with Gasteiger partial charge in [-0.25, -0.2) is 0 Å². The van der Waals surface area contributed by atoms with Crippen molar-refractivity contribution in [3.05, 3.63) is 53.6 Å². The fourth-order valence-electron chi connectivity index (χ4n) is 3.01. The molecular weight excluding hydrogens is 258 g/mol. The summed E-state index contributed by atoms with van der Waals surface area (Å²) in [5, 5.41) is 3.58. The molecule has 0 saturated heterocycles. The van der Waals surface area contributed by atoms with Gasteiger partial charge in [-0.1, -0.05) is 36.4 Å². The molecule has 1 heterocycles. The van der Waals surface area contributed by atoms with E-state index in [9.17, 15) is 0 Å². The van der Waals surface area contributed by atoms with Crippen LogP contribution in [-0.2, 0) is 13.0 Å². The Morgan fingerprint density at radius 2 is 2.00 bits per heavy atom. The largest absolute Gasteiger partial charge is 0.493 e. The van der Waals surface area contributed by atoms with Crippen LogP contribution in [0.15, 0.2) is 42.5 Å². The van der Waals surface area contributed by atoms with Crippen LogP contribution in [0.1, 0.15) is 30.4 Å². The van der Waals surface area contributed by atoms with Gasteiger partial charge in [-0.05, 0) is 48.4 Å². The molecule has 1 aliphatic carbocycles. The van der Waals surface area contributed by atoms with Crippen molar-refractivity contribution < 1.29 is 4.74 Å². The summed E-state index contributed by atoms with van der Waals surface area (Å²) >= 11 is 0. The maximum absolute atomic E-state index is 5.94. The van der Waals surface area contributed by atoms with Gasteiger partial charge in [-0.2, -0.15) is 0 Å². The van der Waals surface area contributed by atoms with E-state index in [1.165, 1.54) is 35.1 Å². The Hall–Kier alpha value is -1.80. The van der Waals surface area contributed by atoms with Crippen LogP contribution in [0.3, 0.4) is 0 Å². The summed E-state index contributed by atoms with van der Waals surface area (Å²) in [5.74, 6) is 1.09. The van der Waals surface area contributed by atoms with Crippen LogP contribution in [0.4, 0.5) is 0 Å². The quantitative estimate of drug-likeness (QED) is 0.915. The van der Waals surface area contributed by atoms with E-state index in [0.29, 0.717) is 0 Å². The highest BCUT2D eigenvalue weighted by Crippen LogP contribution is 2.36. The molecule has 2 aliphatic rings. The highest BCUT2D eigenvalue weighted by Gasteiger charge is 2.20. The molecule has 108 valence electrons. The molecule has 2 heteroatoms. The third-order valence-corrected chi connectivity index (χ3v) is 4.34. The SMILES string of the molecule is c1cc(CNC2CC2)cc(-c2cccc3c2OCCC3)c1. The van der Waals surface area contributed by atoms with Crippen molar-refractivity contribution in [2.45, 2.75) is 38.3 Å². The molecule has 0 atom stereocenters. The van der Waals surface area contributed by atoms with E-state index >= 15 is 0 Å². The van der Waals surface area contributed by atoms with Crippen LogP contribution < -0.4 is 10.1 Å². The zero-order valence-electron chi connectivity index (χ0n) is 12.3. The minimum atomic E-state index is 0.751. The number of aryl methyl sites for hydroxylation is 1. The van der Waals surface area contributed by atoms with Crippen molar-refractivity contribution in [1.82, 2.24) is 5.32 Å². The maximum atomic E-state index is 5.94. The summed E-state index contributed by atoms with van der Waals surface area (Å²) in [6.45, 7) is 1.81.